The molecular formula is C23H30BrN3O3. The fraction of sp³-hybridized carbons (Fsp3) is 0.609. The molecule has 1 spiro atoms. The van der Waals surface area contributed by atoms with Crippen molar-refractivity contribution in [2.24, 2.45) is 16.3 Å². The summed E-state index contributed by atoms with van der Waals surface area (Å²) >= 11 is 3.56. The summed E-state index contributed by atoms with van der Waals surface area (Å²) in [6, 6.07) is 5.69. The summed E-state index contributed by atoms with van der Waals surface area (Å²) in [6.45, 7) is 4.66. The fourth-order valence-electron chi connectivity index (χ4n) is 4.77. The van der Waals surface area contributed by atoms with E-state index in [9.17, 15) is 9.59 Å². The van der Waals surface area contributed by atoms with Gasteiger partial charge in [-0.15, -0.1) is 0 Å². The number of alkyl carbamates (subject to hydrolysis) is 1. The number of nitrogens with one attached hydrogen (secondary N) is 1. The van der Waals surface area contributed by atoms with Crippen LogP contribution in [-0.4, -0.2) is 48.4 Å². The predicted molar refractivity (Wildman–Crippen MR) is 120 cm³/mol. The zero-order chi connectivity index (χ0) is 21.5. The van der Waals surface area contributed by atoms with E-state index in [1.165, 1.54) is 25.5 Å². The average Bonchev–Trinajstić information content (AvgIpc) is 3.41. The Morgan fingerprint density at radius 2 is 2.07 bits per heavy atom. The van der Waals surface area contributed by atoms with Gasteiger partial charge in [0.15, 0.2) is 0 Å². The molecule has 2 unspecified atom stereocenters. The van der Waals surface area contributed by atoms with Gasteiger partial charge < -0.3 is 15.0 Å². The van der Waals surface area contributed by atoms with Crippen molar-refractivity contribution in [2.75, 3.05) is 13.7 Å². The number of hydrogen-bond donors (Lipinski definition) is 1. The maximum Gasteiger partial charge on any atom is 0.407 e. The van der Waals surface area contributed by atoms with Crippen molar-refractivity contribution in [1.82, 2.24) is 10.2 Å². The minimum absolute atomic E-state index is 0.00521. The van der Waals surface area contributed by atoms with Gasteiger partial charge in [-0.1, -0.05) is 35.8 Å². The van der Waals surface area contributed by atoms with E-state index in [1.54, 1.807) is 0 Å². The quantitative estimate of drug-likeness (QED) is 0.690. The van der Waals surface area contributed by atoms with Crippen LogP contribution >= 0.6 is 15.9 Å². The first kappa shape index (κ1) is 21.3. The molecule has 1 aromatic rings. The average molecular weight is 476 g/mol. The zero-order valence-corrected chi connectivity index (χ0v) is 19.5. The van der Waals surface area contributed by atoms with Crippen LogP contribution in [0, 0.1) is 11.3 Å². The summed E-state index contributed by atoms with van der Waals surface area (Å²) in [4.78, 5) is 32.5. The van der Waals surface area contributed by atoms with Crippen LogP contribution < -0.4 is 5.32 Å². The molecule has 4 rings (SSSR count). The monoisotopic (exact) mass is 475 g/mol. The van der Waals surface area contributed by atoms with Crippen molar-refractivity contribution >= 4 is 39.3 Å². The Bertz CT molecular complexity index is 878. The molecule has 2 fully saturated rings. The van der Waals surface area contributed by atoms with E-state index in [-0.39, 0.29) is 23.3 Å². The third kappa shape index (κ3) is 4.27. The Morgan fingerprint density at radius 3 is 2.73 bits per heavy atom. The van der Waals surface area contributed by atoms with E-state index < -0.39 is 12.1 Å². The Kier molecular flexibility index (Phi) is 5.93. The van der Waals surface area contributed by atoms with Crippen molar-refractivity contribution in [3.63, 3.8) is 0 Å². The number of nitrogens with zero attached hydrogens (tertiary/aromatic N) is 2. The number of rotatable bonds is 4. The van der Waals surface area contributed by atoms with Crippen molar-refractivity contribution in [3.05, 3.63) is 28.2 Å². The molecule has 0 bridgehead atoms. The summed E-state index contributed by atoms with van der Waals surface area (Å²) in [5.41, 5.74) is 3.61. The molecular weight excluding hydrogens is 446 g/mol. The highest BCUT2D eigenvalue weighted by molar-refractivity contribution is 9.10. The van der Waals surface area contributed by atoms with Gasteiger partial charge in [-0.3, -0.25) is 9.79 Å². The molecule has 3 aliphatic rings. The summed E-state index contributed by atoms with van der Waals surface area (Å²) in [7, 11) is 1.32. The molecule has 2 amide bonds. The molecule has 0 radical (unpaired) electrons. The number of ether oxygens (including phenoxy) is 1. The van der Waals surface area contributed by atoms with E-state index in [0.29, 0.717) is 0 Å². The molecule has 7 heteroatoms. The van der Waals surface area contributed by atoms with Gasteiger partial charge in [0.1, 0.15) is 6.04 Å². The van der Waals surface area contributed by atoms with Crippen LogP contribution in [0.2, 0.25) is 0 Å². The topological polar surface area (TPSA) is 71.0 Å². The lowest BCUT2D eigenvalue weighted by molar-refractivity contribution is -0.134. The normalized spacial score (nSPS) is 22.9. The minimum atomic E-state index is -0.596. The molecule has 2 heterocycles. The molecule has 1 N–H and O–H groups in total. The van der Waals surface area contributed by atoms with E-state index in [0.717, 1.165) is 48.1 Å². The molecule has 1 saturated carbocycles. The second-order valence-corrected chi connectivity index (χ2v) is 10.2. The van der Waals surface area contributed by atoms with Gasteiger partial charge in [-0.2, -0.15) is 0 Å². The largest absolute Gasteiger partial charge is 0.453 e. The van der Waals surface area contributed by atoms with Crippen molar-refractivity contribution in [3.8, 4) is 0 Å². The van der Waals surface area contributed by atoms with E-state index in [4.69, 9.17) is 9.73 Å². The van der Waals surface area contributed by atoms with Crippen LogP contribution in [0.3, 0.4) is 0 Å². The number of carbonyl (C=O) groups excluding carboxylic acids is 2. The van der Waals surface area contributed by atoms with Crippen molar-refractivity contribution in [2.45, 2.75) is 64.5 Å². The predicted octanol–water partition coefficient (Wildman–Crippen LogP) is 4.62. The van der Waals surface area contributed by atoms with Crippen LogP contribution in [0.1, 0.15) is 51.5 Å². The fourth-order valence-corrected chi connectivity index (χ4v) is 5.12. The lowest BCUT2D eigenvalue weighted by Gasteiger charge is -2.31. The number of fused-ring (bicyclic) bond motifs is 1. The Morgan fingerprint density at radius 1 is 1.30 bits per heavy atom. The highest BCUT2D eigenvalue weighted by Crippen LogP contribution is 2.55. The maximum atomic E-state index is 13.6. The highest BCUT2D eigenvalue weighted by Gasteiger charge is 2.55. The molecule has 1 aromatic carbocycles. The van der Waals surface area contributed by atoms with Gasteiger partial charge in [0, 0.05) is 16.7 Å². The molecule has 2 atom stereocenters. The lowest BCUT2D eigenvalue weighted by atomic mass is 9.97. The number of aliphatic imine (C=N–C) groups is 1. The van der Waals surface area contributed by atoms with E-state index in [1.807, 2.05) is 18.7 Å². The molecule has 6 nitrogen and oxygen atoms in total. The number of methoxy groups -OCH3 is 1. The Balaban J connectivity index is 1.64. The number of carbonyl (C=O) groups is 2. The number of halogens is 1. The third-order valence-corrected chi connectivity index (χ3v) is 7.21. The Hall–Kier alpha value is -1.89. The molecule has 0 aromatic heterocycles. The number of amides is 2. The standard InChI is InChI=1S/C23H30BrN3O3/c1-14(2)20(26-22(29)30-3)21(28)27-13-23(9-10-23)12-19(27)17-6-4-5-15-7-8-16(24)11-18(15)25-17/h7-8,11,14,19-20H,4-6,9-10,12-13H2,1-3H3,(H,26,29). The van der Waals surface area contributed by atoms with Gasteiger partial charge in [-0.25, -0.2) is 4.79 Å². The van der Waals surface area contributed by atoms with E-state index >= 15 is 0 Å². The van der Waals surface area contributed by atoms with Gasteiger partial charge in [-0.05, 0) is 67.6 Å². The molecule has 162 valence electrons. The zero-order valence-electron chi connectivity index (χ0n) is 17.9. The van der Waals surface area contributed by atoms with Crippen LogP contribution in [0.4, 0.5) is 10.5 Å². The van der Waals surface area contributed by atoms with Gasteiger partial charge in [0.2, 0.25) is 5.91 Å². The maximum absolute atomic E-state index is 13.6. The second kappa shape index (κ2) is 8.33. The molecule has 1 saturated heterocycles. The molecule has 1 aliphatic carbocycles. The SMILES string of the molecule is COC(=O)NC(C(=O)N1CC2(CC2)CC1C1=Nc2cc(Br)ccc2CCC1)C(C)C. The van der Waals surface area contributed by atoms with Crippen LogP contribution in [0.5, 0.6) is 0 Å². The number of likely N-dealkylation sites (tertiary alicyclic amines) is 1. The van der Waals surface area contributed by atoms with Crippen LogP contribution in [-0.2, 0) is 16.0 Å². The number of benzene rings is 1. The summed E-state index contributed by atoms with van der Waals surface area (Å²) < 4.78 is 5.78. The second-order valence-electron chi connectivity index (χ2n) is 9.27. The first-order chi connectivity index (χ1) is 14.3. The number of hydrogen-bond acceptors (Lipinski definition) is 4. The first-order valence-corrected chi connectivity index (χ1v) is 11.6. The summed E-state index contributed by atoms with van der Waals surface area (Å²) in [6.07, 6.45) is 5.67. The van der Waals surface area contributed by atoms with Crippen molar-refractivity contribution < 1.29 is 14.3 Å². The molecule has 2 aliphatic heterocycles. The highest BCUT2D eigenvalue weighted by atomic mass is 79.9. The first-order valence-electron chi connectivity index (χ1n) is 10.8. The van der Waals surface area contributed by atoms with Gasteiger partial charge in [0.05, 0.1) is 18.8 Å². The minimum Gasteiger partial charge on any atom is -0.453 e. The Labute approximate surface area is 186 Å². The lowest BCUT2D eigenvalue weighted by Crippen LogP contribution is -2.53. The smallest absolute Gasteiger partial charge is 0.407 e. The van der Waals surface area contributed by atoms with Crippen LogP contribution in [0.15, 0.2) is 27.7 Å². The third-order valence-electron chi connectivity index (χ3n) is 6.72. The summed E-state index contributed by atoms with van der Waals surface area (Å²) in [5.74, 6) is -0.0497. The molecule has 30 heavy (non-hydrogen) atoms. The van der Waals surface area contributed by atoms with Gasteiger partial charge in [0.25, 0.3) is 0 Å². The van der Waals surface area contributed by atoms with E-state index in [2.05, 4.69) is 39.4 Å². The van der Waals surface area contributed by atoms with Crippen LogP contribution in [0.25, 0.3) is 0 Å². The summed E-state index contributed by atoms with van der Waals surface area (Å²) in [5, 5.41) is 2.75. The van der Waals surface area contributed by atoms with Gasteiger partial charge >= 0.3 is 6.09 Å². The van der Waals surface area contributed by atoms with Crippen molar-refractivity contribution in [1.29, 1.82) is 0 Å². The number of aryl methyl sites for hydroxylation is 1.